The van der Waals surface area contributed by atoms with Gasteiger partial charge in [0.15, 0.2) is 0 Å². The molecular formula is C13H18N2O2. The second-order valence-corrected chi connectivity index (χ2v) is 4.52. The number of aliphatic hydroxyl groups excluding tert-OH is 1. The van der Waals surface area contributed by atoms with Crippen LogP contribution in [0.3, 0.4) is 0 Å². The first kappa shape index (κ1) is 12.0. The van der Waals surface area contributed by atoms with Crippen LogP contribution in [0.25, 0.3) is 0 Å². The highest BCUT2D eigenvalue weighted by atomic mass is 16.3. The average molecular weight is 234 g/mol. The molecule has 2 unspecified atom stereocenters. The normalized spacial score (nSPS) is 24.3. The standard InChI is InChI=1S/C13H18N2O2/c16-12-7-2-1-6-11(12)15-13(17)9-10-5-3-4-8-14-10/h3-5,8,11-12,16H,1-2,6-7,9H2,(H,15,17). The van der Waals surface area contributed by atoms with E-state index in [1.165, 1.54) is 0 Å². The maximum Gasteiger partial charge on any atom is 0.226 e. The molecule has 0 bridgehead atoms. The van der Waals surface area contributed by atoms with Crippen LogP contribution >= 0.6 is 0 Å². The highest BCUT2D eigenvalue weighted by Crippen LogP contribution is 2.18. The molecule has 0 spiro atoms. The number of amides is 1. The molecule has 92 valence electrons. The van der Waals surface area contributed by atoms with Crippen molar-refractivity contribution >= 4 is 5.91 Å². The van der Waals surface area contributed by atoms with Gasteiger partial charge >= 0.3 is 0 Å². The number of rotatable bonds is 3. The van der Waals surface area contributed by atoms with Crippen LogP contribution in [0, 0.1) is 0 Å². The van der Waals surface area contributed by atoms with Gasteiger partial charge in [-0.1, -0.05) is 18.9 Å². The Morgan fingerprint density at radius 2 is 2.24 bits per heavy atom. The zero-order valence-corrected chi connectivity index (χ0v) is 9.80. The highest BCUT2D eigenvalue weighted by Gasteiger charge is 2.24. The molecule has 17 heavy (non-hydrogen) atoms. The van der Waals surface area contributed by atoms with Gasteiger partial charge in [-0.3, -0.25) is 9.78 Å². The number of pyridine rings is 1. The van der Waals surface area contributed by atoms with Gasteiger partial charge in [0.1, 0.15) is 0 Å². The first-order valence-electron chi connectivity index (χ1n) is 6.13. The van der Waals surface area contributed by atoms with Crippen LogP contribution in [0.4, 0.5) is 0 Å². The van der Waals surface area contributed by atoms with Gasteiger partial charge in [0.2, 0.25) is 5.91 Å². The maximum absolute atomic E-state index is 11.8. The van der Waals surface area contributed by atoms with E-state index in [1.807, 2.05) is 18.2 Å². The molecule has 1 aromatic heterocycles. The SMILES string of the molecule is O=C(Cc1ccccn1)NC1CCCCC1O. The molecule has 1 aromatic rings. The van der Waals surface area contributed by atoms with Crippen molar-refractivity contribution in [3.05, 3.63) is 30.1 Å². The Morgan fingerprint density at radius 1 is 1.41 bits per heavy atom. The Labute approximate surface area is 101 Å². The summed E-state index contributed by atoms with van der Waals surface area (Å²) >= 11 is 0. The summed E-state index contributed by atoms with van der Waals surface area (Å²) in [6, 6.07) is 5.44. The zero-order chi connectivity index (χ0) is 12.1. The molecule has 1 amide bonds. The third-order valence-electron chi connectivity index (χ3n) is 3.14. The highest BCUT2D eigenvalue weighted by molar-refractivity contribution is 5.78. The van der Waals surface area contributed by atoms with Crippen LogP contribution < -0.4 is 5.32 Å². The minimum Gasteiger partial charge on any atom is -0.391 e. The van der Waals surface area contributed by atoms with Gasteiger partial charge in [-0.2, -0.15) is 0 Å². The Bertz CT molecular complexity index is 367. The molecule has 2 rings (SSSR count). The van der Waals surface area contributed by atoms with E-state index in [-0.39, 0.29) is 18.4 Å². The number of hydrogen-bond donors (Lipinski definition) is 2. The predicted molar refractivity (Wildman–Crippen MR) is 64.3 cm³/mol. The summed E-state index contributed by atoms with van der Waals surface area (Å²) in [6.07, 6.45) is 5.35. The van der Waals surface area contributed by atoms with E-state index in [2.05, 4.69) is 10.3 Å². The van der Waals surface area contributed by atoms with Gasteiger partial charge in [-0.25, -0.2) is 0 Å². The monoisotopic (exact) mass is 234 g/mol. The summed E-state index contributed by atoms with van der Waals surface area (Å²) in [4.78, 5) is 15.9. The number of carbonyl (C=O) groups excluding carboxylic acids is 1. The number of nitrogens with one attached hydrogen (secondary N) is 1. The van der Waals surface area contributed by atoms with E-state index in [0.717, 1.165) is 31.4 Å². The zero-order valence-electron chi connectivity index (χ0n) is 9.80. The number of aromatic nitrogens is 1. The summed E-state index contributed by atoms with van der Waals surface area (Å²) in [5.74, 6) is -0.0605. The lowest BCUT2D eigenvalue weighted by Crippen LogP contribution is -2.45. The predicted octanol–water partition coefficient (Wildman–Crippen LogP) is 1.04. The third-order valence-corrected chi connectivity index (χ3v) is 3.14. The van der Waals surface area contributed by atoms with Crippen LogP contribution in [0.15, 0.2) is 24.4 Å². The van der Waals surface area contributed by atoms with Crippen LogP contribution in [0.5, 0.6) is 0 Å². The Morgan fingerprint density at radius 3 is 2.94 bits per heavy atom. The molecule has 1 aliphatic carbocycles. The van der Waals surface area contributed by atoms with Gasteiger partial charge in [0, 0.05) is 11.9 Å². The Kier molecular flexibility index (Phi) is 4.09. The average Bonchev–Trinajstić information content (AvgIpc) is 2.33. The van der Waals surface area contributed by atoms with E-state index in [4.69, 9.17) is 0 Å². The first-order valence-corrected chi connectivity index (χ1v) is 6.13. The molecule has 0 aliphatic heterocycles. The number of hydrogen-bond acceptors (Lipinski definition) is 3. The molecule has 0 radical (unpaired) electrons. The molecule has 1 heterocycles. The number of nitrogens with zero attached hydrogens (tertiary/aromatic N) is 1. The summed E-state index contributed by atoms with van der Waals surface area (Å²) in [6.45, 7) is 0. The molecule has 4 nitrogen and oxygen atoms in total. The smallest absolute Gasteiger partial charge is 0.226 e. The van der Waals surface area contributed by atoms with Gasteiger partial charge < -0.3 is 10.4 Å². The largest absolute Gasteiger partial charge is 0.391 e. The Hall–Kier alpha value is -1.42. The second-order valence-electron chi connectivity index (χ2n) is 4.52. The van der Waals surface area contributed by atoms with Crippen molar-refractivity contribution in [2.24, 2.45) is 0 Å². The van der Waals surface area contributed by atoms with Crippen molar-refractivity contribution in [3.63, 3.8) is 0 Å². The van der Waals surface area contributed by atoms with E-state index in [9.17, 15) is 9.90 Å². The minimum atomic E-state index is -0.392. The van der Waals surface area contributed by atoms with Crippen molar-refractivity contribution in [2.45, 2.75) is 44.2 Å². The fourth-order valence-electron chi connectivity index (χ4n) is 2.20. The Balaban J connectivity index is 1.84. The lowest BCUT2D eigenvalue weighted by molar-refractivity contribution is -0.122. The molecule has 1 saturated carbocycles. The summed E-state index contributed by atoms with van der Waals surface area (Å²) < 4.78 is 0. The van der Waals surface area contributed by atoms with Crippen LogP contribution in [-0.2, 0) is 11.2 Å². The van der Waals surface area contributed by atoms with Gasteiger partial charge in [0.25, 0.3) is 0 Å². The molecule has 1 fully saturated rings. The van der Waals surface area contributed by atoms with E-state index >= 15 is 0 Å². The molecule has 2 atom stereocenters. The van der Waals surface area contributed by atoms with Gasteiger partial charge in [-0.15, -0.1) is 0 Å². The van der Waals surface area contributed by atoms with E-state index in [0.29, 0.717) is 0 Å². The molecule has 0 saturated heterocycles. The van der Waals surface area contributed by atoms with Crippen molar-refractivity contribution in [1.29, 1.82) is 0 Å². The van der Waals surface area contributed by atoms with Crippen LogP contribution in [0.2, 0.25) is 0 Å². The van der Waals surface area contributed by atoms with Crippen molar-refractivity contribution in [1.82, 2.24) is 10.3 Å². The third kappa shape index (κ3) is 3.53. The number of aliphatic hydroxyl groups is 1. The number of carbonyl (C=O) groups is 1. The molecular weight excluding hydrogens is 216 g/mol. The molecule has 1 aliphatic rings. The van der Waals surface area contributed by atoms with Gasteiger partial charge in [0.05, 0.1) is 18.6 Å². The minimum absolute atomic E-state index is 0.0605. The topological polar surface area (TPSA) is 62.2 Å². The summed E-state index contributed by atoms with van der Waals surface area (Å²) in [5, 5.41) is 12.6. The van der Waals surface area contributed by atoms with Gasteiger partial charge in [-0.05, 0) is 25.0 Å². The summed E-state index contributed by atoms with van der Waals surface area (Å²) in [7, 11) is 0. The van der Waals surface area contributed by atoms with Crippen LogP contribution in [-0.4, -0.2) is 28.1 Å². The quantitative estimate of drug-likeness (QED) is 0.821. The summed E-state index contributed by atoms with van der Waals surface area (Å²) in [5.41, 5.74) is 0.760. The van der Waals surface area contributed by atoms with Crippen molar-refractivity contribution in [3.8, 4) is 0 Å². The fraction of sp³-hybridized carbons (Fsp3) is 0.538. The first-order chi connectivity index (χ1) is 8.25. The fourth-order valence-corrected chi connectivity index (χ4v) is 2.20. The maximum atomic E-state index is 11.8. The van der Waals surface area contributed by atoms with E-state index < -0.39 is 6.10 Å². The molecule has 0 aromatic carbocycles. The lowest BCUT2D eigenvalue weighted by Gasteiger charge is -2.28. The molecule has 2 N–H and O–H groups in total. The lowest BCUT2D eigenvalue weighted by atomic mass is 9.92. The van der Waals surface area contributed by atoms with Crippen molar-refractivity contribution < 1.29 is 9.90 Å². The molecule has 4 heteroatoms. The van der Waals surface area contributed by atoms with Crippen LogP contribution in [0.1, 0.15) is 31.4 Å². The van der Waals surface area contributed by atoms with E-state index in [1.54, 1.807) is 6.20 Å². The van der Waals surface area contributed by atoms with Crippen molar-refractivity contribution in [2.75, 3.05) is 0 Å². The second kappa shape index (κ2) is 5.77.